The van der Waals surface area contributed by atoms with Crippen LogP contribution in [0, 0.1) is 13.8 Å². The molecule has 1 unspecified atom stereocenters. The van der Waals surface area contributed by atoms with Gasteiger partial charge in [-0.2, -0.15) is 4.31 Å². The summed E-state index contributed by atoms with van der Waals surface area (Å²) in [5, 5.41) is 0. The van der Waals surface area contributed by atoms with Crippen molar-refractivity contribution in [2.75, 3.05) is 33.9 Å². The van der Waals surface area contributed by atoms with Gasteiger partial charge in [-0.05, 0) is 80.6 Å². The molecule has 0 bridgehead atoms. The van der Waals surface area contributed by atoms with E-state index in [-0.39, 0.29) is 36.2 Å². The van der Waals surface area contributed by atoms with Crippen LogP contribution in [0.3, 0.4) is 0 Å². The molecule has 232 valence electrons. The van der Waals surface area contributed by atoms with E-state index in [2.05, 4.69) is 9.55 Å². The topological polar surface area (TPSA) is 103 Å². The van der Waals surface area contributed by atoms with E-state index >= 15 is 0 Å². The second-order valence-electron chi connectivity index (χ2n) is 11.5. The van der Waals surface area contributed by atoms with E-state index in [0.29, 0.717) is 30.0 Å². The van der Waals surface area contributed by atoms with Crippen LogP contribution >= 0.6 is 0 Å². The number of sulfonamides is 1. The van der Waals surface area contributed by atoms with Gasteiger partial charge in [-0.25, -0.2) is 8.42 Å². The zero-order chi connectivity index (χ0) is 30.6. The molecule has 0 N–H and O–H groups in total. The van der Waals surface area contributed by atoms with Crippen LogP contribution in [0.5, 0.6) is 11.5 Å². The standard InChI is InChI=1S/C32H42N4O6S/c1-23-18-28(40-4)19-24(2)32(23)43(38,39)36-17-16-35-15-7-10-29(35)30(36)21-41-22-31(37)34(3)25-8-5-6-9-27(20-25)42-26-11-13-33-14-12-26/h7,10-15,18-19,25,27,30H,5-6,8-9,16-17,20-22H2,1-4H3/t25-,27+,30?/m1/s1. The van der Waals surface area contributed by atoms with Crippen LogP contribution in [0.1, 0.15) is 55.0 Å². The number of pyridine rings is 1. The summed E-state index contributed by atoms with van der Waals surface area (Å²) < 4.78 is 49.4. The molecule has 43 heavy (non-hydrogen) atoms. The highest BCUT2D eigenvalue weighted by Crippen LogP contribution is 2.35. The summed E-state index contributed by atoms with van der Waals surface area (Å²) in [4.78, 5) is 19.4. The Kier molecular flexibility index (Phi) is 9.73. The van der Waals surface area contributed by atoms with E-state index < -0.39 is 16.1 Å². The fourth-order valence-electron chi connectivity index (χ4n) is 6.37. The van der Waals surface area contributed by atoms with Crippen LogP contribution in [0.4, 0.5) is 0 Å². The average Bonchev–Trinajstić information content (AvgIpc) is 3.35. The first-order valence-electron chi connectivity index (χ1n) is 14.9. The summed E-state index contributed by atoms with van der Waals surface area (Å²) in [5.74, 6) is 1.28. The Morgan fingerprint density at radius 3 is 2.49 bits per heavy atom. The van der Waals surface area contributed by atoms with Crippen LogP contribution < -0.4 is 9.47 Å². The number of likely N-dealkylation sites (N-methyl/N-ethyl adjacent to an activating group) is 1. The molecule has 2 aromatic heterocycles. The molecule has 0 saturated heterocycles. The number of rotatable bonds is 10. The number of amides is 1. The van der Waals surface area contributed by atoms with Crippen LogP contribution in [-0.2, 0) is 26.1 Å². The number of hydrogen-bond acceptors (Lipinski definition) is 7. The fourth-order valence-corrected chi connectivity index (χ4v) is 8.37. The number of benzene rings is 1. The fraction of sp³-hybridized carbons (Fsp3) is 0.500. The zero-order valence-corrected chi connectivity index (χ0v) is 26.3. The molecule has 3 aromatic rings. The van der Waals surface area contributed by atoms with Crippen molar-refractivity contribution in [1.82, 2.24) is 18.8 Å². The molecule has 1 saturated carbocycles. The lowest BCUT2D eigenvalue weighted by Gasteiger charge is -2.36. The Morgan fingerprint density at radius 2 is 1.77 bits per heavy atom. The molecular formula is C32H42N4O6S. The summed E-state index contributed by atoms with van der Waals surface area (Å²) >= 11 is 0. The van der Waals surface area contributed by atoms with Crippen molar-refractivity contribution in [3.63, 3.8) is 0 Å². The summed E-state index contributed by atoms with van der Waals surface area (Å²) in [5.41, 5.74) is 2.10. The van der Waals surface area contributed by atoms with E-state index in [1.54, 1.807) is 50.4 Å². The Bertz CT molecular complexity index is 1490. The predicted octanol–water partition coefficient (Wildman–Crippen LogP) is 4.51. The summed E-state index contributed by atoms with van der Waals surface area (Å²) in [6, 6.07) is 10.5. The first kappa shape index (κ1) is 31.0. The van der Waals surface area contributed by atoms with E-state index in [9.17, 15) is 13.2 Å². The maximum absolute atomic E-state index is 14.1. The molecule has 1 aliphatic heterocycles. The lowest BCUT2D eigenvalue weighted by atomic mass is 10.1. The number of fused-ring (bicyclic) bond motifs is 1. The van der Waals surface area contributed by atoms with Crippen molar-refractivity contribution in [2.24, 2.45) is 0 Å². The molecule has 3 heterocycles. The SMILES string of the molecule is COc1cc(C)c(S(=O)(=O)N2CCn3cccc3C2COCC(=O)N(C)[C@@H]2CCCC[C@H](Oc3ccncc3)C2)c(C)c1. The molecule has 0 radical (unpaired) electrons. The first-order valence-corrected chi connectivity index (χ1v) is 16.3. The third-order valence-electron chi connectivity index (χ3n) is 8.59. The van der Waals surface area contributed by atoms with Gasteiger partial charge in [0.15, 0.2) is 0 Å². The van der Waals surface area contributed by atoms with Gasteiger partial charge in [0.05, 0.1) is 24.7 Å². The summed E-state index contributed by atoms with van der Waals surface area (Å²) in [6.07, 6.45) is 10.1. The van der Waals surface area contributed by atoms with Crippen LogP contribution in [0.2, 0.25) is 0 Å². The maximum Gasteiger partial charge on any atom is 0.248 e. The number of methoxy groups -OCH3 is 1. The minimum absolute atomic E-state index is 0.0183. The highest BCUT2D eigenvalue weighted by Gasteiger charge is 2.38. The monoisotopic (exact) mass is 610 g/mol. The Labute approximate surface area is 254 Å². The highest BCUT2D eigenvalue weighted by atomic mass is 32.2. The molecule has 1 aliphatic carbocycles. The second-order valence-corrected chi connectivity index (χ2v) is 13.3. The van der Waals surface area contributed by atoms with Crippen molar-refractivity contribution in [1.29, 1.82) is 0 Å². The van der Waals surface area contributed by atoms with Gasteiger partial charge in [0.25, 0.3) is 0 Å². The molecule has 1 aromatic carbocycles. The third-order valence-corrected chi connectivity index (χ3v) is 10.8. The zero-order valence-electron chi connectivity index (χ0n) is 25.4. The molecule has 3 atom stereocenters. The van der Waals surface area contributed by atoms with E-state index in [1.165, 1.54) is 4.31 Å². The molecule has 11 heteroatoms. The molecule has 10 nitrogen and oxygen atoms in total. The van der Waals surface area contributed by atoms with E-state index in [1.807, 2.05) is 37.5 Å². The molecule has 1 amide bonds. The second kappa shape index (κ2) is 13.5. The number of aryl methyl sites for hydroxylation is 2. The van der Waals surface area contributed by atoms with Crippen molar-refractivity contribution in [3.8, 4) is 11.5 Å². The first-order chi connectivity index (χ1) is 20.7. The van der Waals surface area contributed by atoms with E-state index in [0.717, 1.165) is 43.5 Å². The lowest BCUT2D eigenvalue weighted by Crippen LogP contribution is -2.45. The van der Waals surface area contributed by atoms with Crippen LogP contribution in [0.25, 0.3) is 0 Å². The lowest BCUT2D eigenvalue weighted by molar-refractivity contribution is -0.138. The number of hydrogen-bond donors (Lipinski definition) is 0. The van der Waals surface area contributed by atoms with Gasteiger partial charge < -0.3 is 23.7 Å². The average molecular weight is 611 g/mol. The van der Waals surface area contributed by atoms with E-state index in [4.69, 9.17) is 14.2 Å². The minimum Gasteiger partial charge on any atom is -0.497 e. The quantitative estimate of drug-likeness (QED) is 0.311. The van der Waals surface area contributed by atoms with Gasteiger partial charge in [0.2, 0.25) is 15.9 Å². The van der Waals surface area contributed by atoms with Gasteiger partial charge in [0, 0.05) is 56.9 Å². The van der Waals surface area contributed by atoms with Gasteiger partial charge in [-0.15, -0.1) is 0 Å². The number of aromatic nitrogens is 2. The maximum atomic E-state index is 14.1. The Hall–Kier alpha value is -3.41. The molecule has 0 spiro atoms. The Morgan fingerprint density at radius 1 is 1.05 bits per heavy atom. The Balaban J connectivity index is 1.26. The molecule has 1 fully saturated rings. The van der Waals surface area contributed by atoms with Crippen LogP contribution in [-0.4, -0.2) is 79.1 Å². The van der Waals surface area contributed by atoms with Crippen molar-refractivity contribution in [3.05, 3.63) is 71.8 Å². The third kappa shape index (κ3) is 6.89. The predicted molar refractivity (Wildman–Crippen MR) is 163 cm³/mol. The van der Waals surface area contributed by atoms with Gasteiger partial charge in [0.1, 0.15) is 24.2 Å². The number of carbonyl (C=O) groups is 1. The van der Waals surface area contributed by atoms with Gasteiger partial charge >= 0.3 is 0 Å². The van der Waals surface area contributed by atoms with Crippen LogP contribution in [0.15, 0.2) is 59.9 Å². The number of nitrogens with zero attached hydrogens (tertiary/aromatic N) is 4. The normalized spacial score (nSPS) is 21.1. The number of ether oxygens (including phenoxy) is 3. The summed E-state index contributed by atoms with van der Waals surface area (Å²) in [6.45, 7) is 4.35. The molecular weight excluding hydrogens is 568 g/mol. The van der Waals surface area contributed by atoms with Gasteiger partial charge in [-0.1, -0.05) is 6.42 Å². The molecule has 5 rings (SSSR count). The largest absolute Gasteiger partial charge is 0.497 e. The number of carbonyl (C=O) groups excluding carboxylic acids is 1. The van der Waals surface area contributed by atoms with Crippen molar-refractivity contribution < 1.29 is 27.4 Å². The van der Waals surface area contributed by atoms with Gasteiger partial charge in [-0.3, -0.25) is 9.78 Å². The van der Waals surface area contributed by atoms with Crippen molar-refractivity contribution >= 4 is 15.9 Å². The highest BCUT2D eigenvalue weighted by molar-refractivity contribution is 7.89. The molecule has 2 aliphatic rings. The van der Waals surface area contributed by atoms with Crippen molar-refractivity contribution in [2.45, 2.75) is 75.6 Å². The smallest absolute Gasteiger partial charge is 0.248 e. The minimum atomic E-state index is -3.87. The summed E-state index contributed by atoms with van der Waals surface area (Å²) in [7, 11) is -0.477.